The molecular weight excluding hydrogens is 484 g/mol. The third-order valence-corrected chi connectivity index (χ3v) is 11.9. The van der Waals surface area contributed by atoms with Crippen LogP contribution in [0.1, 0.15) is 83.2 Å². The monoisotopic (exact) mass is 528 g/mol. The van der Waals surface area contributed by atoms with Crippen LogP contribution < -0.4 is 5.43 Å². The molecule has 204 valence electrons. The minimum Gasteiger partial charge on any atom is -0.462 e. The van der Waals surface area contributed by atoms with E-state index in [0.29, 0.717) is 30.7 Å². The molecule has 5 aliphatic rings. The highest BCUT2D eigenvalue weighted by atomic mass is 32.1. The van der Waals surface area contributed by atoms with E-state index in [1.807, 2.05) is 11.9 Å². The van der Waals surface area contributed by atoms with Gasteiger partial charge in [0.1, 0.15) is 12.3 Å². The summed E-state index contributed by atoms with van der Waals surface area (Å²) in [6.07, 6.45) is 10.5. The van der Waals surface area contributed by atoms with Crippen molar-refractivity contribution in [3.63, 3.8) is 0 Å². The van der Waals surface area contributed by atoms with Crippen molar-refractivity contribution in [2.75, 3.05) is 31.6 Å². The maximum atomic E-state index is 12.1. The zero-order valence-corrected chi connectivity index (χ0v) is 23.8. The van der Waals surface area contributed by atoms with Crippen LogP contribution >= 0.6 is 11.3 Å². The molecule has 0 radical (unpaired) electrons. The van der Waals surface area contributed by atoms with Crippen molar-refractivity contribution >= 4 is 28.0 Å². The van der Waals surface area contributed by atoms with E-state index in [4.69, 9.17) is 9.72 Å². The number of nitrogens with one attached hydrogen (secondary N) is 1. The first kappa shape index (κ1) is 25.8. The lowest BCUT2D eigenvalue weighted by molar-refractivity contribution is -0.158. The molecule has 0 amide bonds. The average molecular weight is 529 g/mol. The van der Waals surface area contributed by atoms with Gasteiger partial charge in [0.15, 0.2) is 5.13 Å². The Morgan fingerprint density at radius 1 is 1.22 bits per heavy atom. The van der Waals surface area contributed by atoms with Gasteiger partial charge in [0, 0.05) is 31.5 Å². The Hall–Kier alpha value is -1.48. The molecule has 7 nitrogen and oxygen atoms in total. The fraction of sp³-hybridized carbons (Fsp3) is 0.793. The number of ether oxygens (including phenoxy) is 1. The minimum atomic E-state index is -0.516. The second kappa shape index (κ2) is 9.61. The molecule has 37 heavy (non-hydrogen) atoms. The van der Waals surface area contributed by atoms with Crippen molar-refractivity contribution in [3.8, 4) is 0 Å². The van der Waals surface area contributed by atoms with Gasteiger partial charge in [-0.15, -0.1) is 0 Å². The Bertz CT molecular complexity index is 1070. The number of fused-ring (bicyclic) bond motifs is 7. The molecule has 2 heterocycles. The van der Waals surface area contributed by atoms with E-state index in [1.165, 1.54) is 29.0 Å². The second-order valence-electron chi connectivity index (χ2n) is 12.6. The average Bonchev–Trinajstić information content (AvgIpc) is 3.45. The summed E-state index contributed by atoms with van der Waals surface area (Å²) >= 11 is 1.78. The van der Waals surface area contributed by atoms with Gasteiger partial charge in [-0.2, -0.15) is 5.01 Å². The molecular formula is C29H44N4O3S. The van der Waals surface area contributed by atoms with Crippen LogP contribution in [0.3, 0.4) is 0 Å². The van der Waals surface area contributed by atoms with E-state index >= 15 is 0 Å². The SMILES string of the molecule is CCC(=O)O[C@H]1CC[C@H]2[C@@H]3CC=C4c5sc(NN6CCN(CC)CC6O)nc5CC[C@]4(C)[C@H]3CC[C@]12C. The standard InChI is InChI=1S/C29H44N4O3S/c1-5-25(35)36-23-10-9-19-18-7-8-21-26-22(12-14-28(21,3)20(18)11-13-29(19,23)4)30-27(37-26)31-33-16-15-32(6-2)17-24(33)34/h8,18-20,23-24,34H,5-7,9-17H2,1-4H3,(H,30,31)/t18-,19-,20-,23-,24?,28+,29-/m0/s1. The molecule has 1 aromatic rings. The largest absolute Gasteiger partial charge is 0.462 e. The second-order valence-corrected chi connectivity index (χ2v) is 13.6. The van der Waals surface area contributed by atoms with Gasteiger partial charge < -0.3 is 9.84 Å². The number of rotatable bonds is 5. The number of aromatic nitrogens is 1. The van der Waals surface area contributed by atoms with Gasteiger partial charge in [-0.25, -0.2) is 4.98 Å². The van der Waals surface area contributed by atoms with Gasteiger partial charge in [0.2, 0.25) is 0 Å². The number of carbonyl (C=O) groups excluding carboxylic acids is 1. The van der Waals surface area contributed by atoms with E-state index in [2.05, 4.69) is 37.2 Å². The van der Waals surface area contributed by atoms with Crippen molar-refractivity contribution < 1.29 is 14.6 Å². The number of carbonyl (C=O) groups is 1. The molecule has 1 saturated heterocycles. The Balaban J connectivity index is 1.22. The van der Waals surface area contributed by atoms with Gasteiger partial charge >= 0.3 is 5.97 Å². The van der Waals surface area contributed by atoms with Crippen molar-refractivity contribution in [1.29, 1.82) is 0 Å². The number of β-amino-alcohol motifs (C(OH)–C–C–N with tert-alkyl or cyclic N) is 1. The van der Waals surface area contributed by atoms with Gasteiger partial charge in [0.25, 0.3) is 0 Å². The molecule has 0 spiro atoms. The number of hydrazine groups is 1. The van der Waals surface area contributed by atoms with Crippen LogP contribution in [0.15, 0.2) is 6.08 Å². The normalized spacial score (nSPS) is 39.7. The highest BCUT2D eigenvalue weighted by Gasteiger charge is 2.60. The number of thiazole rings is 1. The number of hydrogen-bond acceptors (Lipinski definition) is 8. The summed E-state index contributed by atoms with van der Waals surface area (Å²) in [5.74, 6) is 1.96. The number of aliphatic hydroxyl groups is 1. The first-order valence-corrected chi connectivity index (χ1v) is 15.4. The topological polar surface area (TPSA) is 77.9 Å². The smallest absolute Gasteiger partial charge is 0.305 e. The molecule has 0 aromatic carbocycles. The molecule has 0 bridgehead atoms. The molecule has 6 rings (SSSR count). The summed E-state index contributed by atoms with van der Waals surface area (Å²) in [6.45, 7) is 12.3. The highest BCUT2D eigenvalue weighted by molar-refractivity contribution is 7.16. The minimum absolute atomic E-state index is 0.0408. The van der Waals surface area contributed by atoms with Crippen LogP contribution in [0, 0.1) is 28.6 Å². The number of likely N-dealkylation sites (N-methyl/N-ethyl adjacent to an activating group) is 1. The Morgan fingerprint density at radius 2 is 2.05 bits per heavy atom. The van der Waals surface area contributed by atoms with E-state index in [1.54, 1.807) is 11.3 Å². The molecule has 3 fully saturated rings. The van der Waals surface area contributed by atoms with E-state index < -0.39 is 6.23 Å². The summed E-state index contributed by atoms with van der Waals surface area (Å²) in [5.41, 5.74) is 6.51. The van der Waals surface area contributed by atoms with E-state index in [-0.39, 0.29) is 22.9 Å². The number of aryl methyl sites for hydroxylation is 1. The molecule has 1 unspecified atom stereocenters. The lowest BCUT2D eigenvalue weighted by Gasteiger charge is -2.56. The highest BCUT2D eigenvalue weighted by Crippen LogP contribution is 2.66. The van der Waals surface area contributed by atoms with Crippen LogP contribution in [-0.4, -0.2) is 64.5 Å². The van der Waals surface area contributed by atoms with Crippen molar-refractivity contribution in [1.82, 2.24) is 14.9 Å². The van der Waals surface area contributed by atoms with Gasteiger partial charge in [-0.05, 0) is 80.2 Å². The summed E-state index contributed by atoms with van der Waals surface area (Å²) < 4.78 is 5.98. The molecule has 2 saturated carbocycles. The summed E-state index contributed by atoms with van der Waals surface area (Å²) in [7, 11) is 0. The number of allylic oxidation sites excluding steroid dienone is 2. The quantitative estimate of drug-likeness (QED) is 0.525. The first-order chi connectivity index (χ1) is 17.8. The van der Waals surface area contributed by atoms with Crippen LogP contribution in [0.4, 0.5) is 5.13 Å². The first-order valence-electron chi connectivity index (χ1n) is 14.6. The molecule has 1 aromatic heterocycles. The maximum Gasteiger partial charge on any atom is 0.305 e. The van der Waals surface area contributed by atoms with Gasteiger partial charge in [-0.3, -0.25) is 15.1 Å². The molecule has 7 atom stereocenters. The van der Waals surface area contributed by atoms with Crippen molar-refractivity contribution in [2.45, 2.75) is 91.4 Å². The summed E-state index contributed by atoms with van der Waals surface area (Å²) in [5, 5.41) is 13.5. The zero-order valence-electron chi connectivity index (χ0n) is 23.0. The predicted octanol–water partition coefficient (Wildman–Crippen LogP) is 4.93. The third-order valence-electron chi connectivity index (χ3n) is 10.9. The molecule has 2 N–H and O–H groups in total. The Morgan fingerprint density at radius 3 is 2.81 bits per heavy atom. The van der Waals surface area contributed by atoms with Gasteiger partial charge in [-0.1, -0.05) is 45.1 Å². The number of nitrogens with zero attached hydrogens (tertiary/aromatic N) is 3. The fourth-order valence-electron chi connectivity index (χ4n) is 8.67. The number of anilines is 1. The van der Waals surface area contributed by atoms with Crippen molar-refractivity contribution in [2.24, 2.45) is 28.6 Å². The van der Waals surface area contributed by atoms with Crippen molar-refractivity contribution in [3.05, 3.63) is 16.6 Å². The number of aliphatic hydroxyl groups excluding tert-OH is 1. The zero-order chi connectivity index (χ0) is 25.9. The number of hydrogen-bond donors (Lipinski definition) is 2. The Kier molecular flexibility index (Phi) is 6.70. The number of piperazine rings is 1. The van der Waals surface area contributed by atoms with Crippen LogP contribution in [0.25, 0.3) is 5.57 Å². The van der Waals surface area contributed by atoms with E-state index in [9.17, 15) is 9.90 Å². The van der Waals surface area contributed by atoms with Crippen LogP contribution in [0.5, 0.6) is 0 Å². The van der Waals surface area contributed by atoms with Crippen LogP contribution in [-0.2, 0) is 16.0 Å². The summed E-state index contributed by atoms with van der Waals surface area (Å²) in [6, 6.07) is 0. The van der Waals surface area contributed by atoms with Crippen LogP contribution in [0.2, 0.25) is 0 Å². The maximum absolute atomic E-state index is 12.1. The lowest BCUT2D eigenvalue weighted by Crippen LogP contribution is -2.54. The summed E-state index contributed by atoms with van der Waals surface area (Å²) in [4.78, 5) is 20.8. The number of esters is 1. The molecule has 4 aliphatic carbocycles. The molecule has 1 aliphatic heterocycles. The van der Waals surface area contributed by atoms with Gasteiger partial charge in [0.05, 0.1) is 10.6 Å². The van der Waals surface area contributed by atoms with E-state index in [0.717, 1.165) is 56.9 Å². The predicted molar refractivity (Wildman–Crippen MR) is 147 cm³/mol. The fourth-order valence-corrected chi connectivity index (χ4v) is 9.87. The third kappa shape index (κ3) is 4.17. The molecule has 8 heteroatoms. The Labute approximate surface area is 225 Å². The lowest BCUT2D eigenvalue weighted by atomic mass is 9.48.